The summed E-state index contributed by atoms with van der Waals surface area (Å²) in [6.07, 6.45) is 1.61. The van der Waals surface area contributed by atoms with Gasteiger partial charge in [0, 0.05) is 11.8 Å². The third-order valence-electron chi connectivity index (χ3n) is 2.68. The normalized spacial score (nSPS) is 10.5. The number of nitrogens with two attached hydrogens (primary N) is 1. The summed E-state index contributed by atoms with van der Waals surface area (Å²) in [6.45, 7) is 0. The smallest absolute Gasteiger partial charge is 0.220 e. The van der Waals surface area contributed by atoms with E-state index in [1.54, 1.807) is 23.0 Å². The first-order valence-electron chi connectivity index (χ1n) is 6.06. The molecule has 1 aromatic carbocycles. The van der Waals surface area contributed by atoms with Gasteiger partial charge in [0.25, 0.3) is 0 Å². The van der Waals surface area contributed by atoms with Gasteiger partial charge in [-0.2, -0.15) is 4.68 Å². The molecule has 0 aliphatic carbocycles. The summed E-state index contributed by atoms with van der Waals surface area (Å²) < 4.78 is 1.63. The molecule has 21 heavy (non-hydrogen) atoms. The number of nitrogens with zero attached hydrogens (tertiary/aromatic N) is 5. The van der Waals surface area contributed by atoms with Gasteiger partial charge in [0.2, 0.25) is 5.16 Å². The van der Waals surface area contributed by atoms with Crippen LogP contribution in [0.5, 0.6) is 0 Å². The zero-order valence-electron chi connectivity index (χ0n) is 10.8. The van der Waals surface area contributed by atoms with E-state index in [1.807, 2.05) is 30.3 Å². The SMILES string of the molecule is N=C(N)c1ccnc(Sc2nnnn2-c2ccccc2)c1. The molecular formula is C13H11N7S. The maximum Gasteiger partial charge on any atom is 0.220 e. The van der Waals surface area contributed by atoms with Crippen molar-refractivity contribution < 1.29 is 0 Å². The minimum Gasteiger partial charge on any atom is -0.384 e. The highest BCUT2D eigenvalue weighted by atomic mass is 32.2. The number of hydrogen-bond acceptors (Lipinski definition) is 6. The molecule has 0 spiro atoms. The molecule has 0 radical (unpaired) electrons. The lowest BCUT2D eigenvalue weighted by Crippen LogP contribution is -2.11. The van der Waals surface area contributed by atoms with E-state index in [0.29, 0.717) is 15.7 Å². The summed E-state index contributed by atoms with van der Waals surface area (Å²) in [5.41, 5.74) is 6.96. The Morgan fingerprint density at radius 2 is 2.00 bits per heavy atom. The van der Waals surface area contributed by atoms with E-state index in [1.165, 1.54) is 11.8 Å². The molecule has 0 saturated heterocycles. The van der Waals surface area contributed by atoms with E-state index in [0.717, 1.165) is 5.69 Å². The van der Waals surface area contributed by atoms with Crippen molar-refractivity contribution in [2.45, 2.75) is 10.2 Å². The van der Waals surface area contributed by atoms with Gasteiger partial charge >= 0.3 is 0 Å². The third kappa shape index (κ3) is 2.90. The molecule has 0 aliphatic heterocycles. The number of tetrazole rings is 1. The second-order valence-electron chi connectivity index (χ2n) is 4.11. The largest absolute Gasteiger partial charge is 0.384 e. The van der Waals surface area contributed by atoms with Crippen LogP contribution in [0.2, 0.25) is 0 Å². The zero-order chi connectivity index (χ0) is 14.7. The number of para-hydroxylation sites is 1. The van der Waals surface area contributed by atoms with Crippen LogP contribution in [0.25, 0.3) is 5.69 Å². The van der Waals surface area contributed by atoms with Gasteiger partial charge in [0.1, 0.15) is 10.9 Å². The molecule has 0 fully saturated rings. The number of benzene rings is 1. The summed E-state index contributed by atoms with van der Waals surface area (Å²) in [4.78, 5) is 4.23. The van der Waals surface area contributed by atoms with Crippen molar-refractivity contribution >= 4 is 17.6 Å². The molecule has 0 amide bonds. The lowest BCUT2D eigenvalue weighted by molar-refractivity contribution is 0.756. The van der Waals surface area contributed by atoms with E-state index < -0.39 is 0 Å². The van der Waals surface area contributed by atoms with Crippen molar-refractivity contribution in [3.8, 4) is 5.69 Å². The Morgan fingerprint density at radius 3 is 2.76 bits per heavy atom. The Hall–Kier alpha value is -2.74. The molecule has 0 aliphatic rings. The van der Waals surface area contributed by atoms with E-state index in [4.69, 9.17) is 11.1 Å². The molecule has 8 heteroatoms. The highest BCUT2D eigenvalue weighted by Crippen LogP contribution is 2.25. The number of aromatic nitrogens is 5. The Labute approximate surface area is 124 Å². The second kappa shape index (κ2) is 5.71. The number of nitrogens with one attached hydrogen (secondary N) is 1. The number of pyridine rings is 1. The predicted molar refractivity (Wildman–Crippen MR) is 78.5 cm³/mol. The Kier molecular flexibility index (Phi) is 3.61. The maximum absolute atomic E-state index is 7.45. The number of nitrogen functional groups attached to an aromatic ring is 1. The fraction of sp³-hybridized carbons (Fsp3) is 0. The number of amidine groups is 1. The average Bonchev–Trinajstić information content (AvgIpc) is 2.96. The standard InChI is InChI=1S/C13H11N7S/c14-12(15)9-6-7-16-11(8-9)21-13-17-18-19-20(13)10-4-2-1-3-5-10/h1-8H,(H3,14,15). The van der Waals surface area contributed by atoms with Crippen molar-refractivity contribution in [3.63, 3.8) is 0 Å². The average molecular weight is 297 g/mol. The van der Waals surface area contributed by atoms with Crippen molar-refractivity contribution in [2.75, 3.05) is 0 Å². The number of rotatable bonds is 4. The monoisotopic (exact) mass is 297 g/mol. The lowest BCUT2D eigenvalue weighted by Gasteiger charge is -2.04. The molecule has 2 aromatic heterocycles. The van der Waals surface area contributed by atoms with Crippen molar-refractivity contribution in [1.82, 2.24) is 25.2 Å². The molecule has 0 saturated carbocycles. The summed E-state index contributed by atoms with van der Waals surface area (Å²) in [7, 11) is 0. The highest BCUT2D eigenvalue weighted by Gasteiger charge is 2.11. The summed E-state index contributed by atoms with van der Waals surface area (Å²) in [6, 6.07) is 13.0. The van der Waals surface area contributed by atoms with E-state index in [-0.39, 0.29) is 5.84 Å². The van der Waals surface area contributed by atoms with Crippen LogP contribution in [0.1, 0.15) is 5.56 Å². The minimum atomic E-state index is 0.00176. The van der Waals surface area contributed by atoms with Crippen LogP contribution in [0.15, 0.2) is 58.8 Å². The highest BCUT2D eigenvalue weighted by molar-refractivity contribution is 7.99. The van der Waals surface area contributed by atoms with Gasteiger partial charge in [0.15, 0.2) is 0 Å². The maximum atomic E-state index is 7.45. The summed E-state index contributed by atoms with van der Waals surface area (Å²) in [5.74, 6) is 0.00176. The molecule has 0 atom stereocenters. The summed E-state index contributed by atoms with van der Waals surface area (Å²) >= 11 is 1.31. The van der Waals surface area contributed by atoms with E-state index in [9.17, 15) is 0 Å². The zero-order valence-corrected chi connectivity index (χ0v) is 11.7. The molecule has 0 bridgehead atoms. The minimum absolute atomic E-state index is 0.00176. The van der Waals surface area contributed by atoms with Gasteiger partial charge in [-0.25, -0.2) is 4.98 Å². The molecule has 3 aromatic rings. The molecule has 3 N–H and O–H groups in total. The van der Waals surface area contributed by atoms with Crippen LogP contribution < -0.4 is 5.73 Å². The quantitative estimate of drug-likeness (QED) is 0.558. The van der Waals surface area contributed by atoms with Crippen LogP contribution >= 0.6 is 11.8 Å². The molecule has 104 valence electrons. The number of hydrogen-bond donors (Lipinski definition) is 2. The first kappa shape index (κ1) is 13.3. The molecule has 2 heterocycles. The fourth-order valence-electron chi connectivity index (χ4n) is 1.70. The van der Waals surface area contributed by atoms with Gasteiger partial charge in [-0.1, -0.05) is 18.2 Å². The Balaban J connectivity index is 1.92. The first-order valence-corrected chi connectivity index (χ1v) is 6.88. The van der Waals surface area contributed by atoms with E-state index in [2.05, 4.69) is 20.5 Å². The first-order chi connectivity index (χ1) is 10.2. The van der Waals surface area contributed by atoms with Gasteiger partial charge < -0.3 is 5.73 Å². The third-order valence-corrected chi connectivity index (χ3v) is 3.55. The van der Waals surface area contributed by atoms with Gasteiger partial charge in [-0.15, -0.1) is 5.10 Å². The molecular weight excluding hydrogens is 286 g/mol. The van der Waals surface area contributed by atoms with Crippen LogP contribution in [0.3, 0.4) is 0 Å². The van der Waals surface area contributed by atoms with Crippen molar-refractivity contribution in [3.05, 3.63) is 54.2 Å². The second-order valence-corrected chi connectivity index (χ2v) is 5.09. The fourth-order valence-corrected chi connectivity index (χ4v) is 2.49. The Bertz CT molecular complexity index is 769. The lowest BCUT2D eigenvalue weighted by atomic mass is 10.2. The topological polar surface area (TPSA) is 106 Å². The van der Waals surface area contributed by atoms with Crippen molar-refractivity contribution in [1.29, 1.82) is 5.41 Å². The predicted octanol–water partition coefficient (Wildman–Crippen LogP) is 1.49. The Morgan fingerprint density at radius 1 is 1.19 bits per heavy atom. The molecule has 3 rings (SSSR count). The molecule has 7 nitrogen and oxygen atoms in total. The van der Waals surface area contributed by atoms with E-state index >= 15 is 0 Å². The van der Waals surface area contributed by atoms with Gasteiger partial charge in [0.05, 0.1) is 5.69 Å². The summed E-state index contributed by atoms with van der Waals surface area (Å²) in [5, 5.41) is 20.4. The van der Waals surface area contributed by atoms with Gasteiger partial charge in [-0.05, 0) is 46.5 Å². The van der Waals surface area contributed by atoms with Crippen LogP contribution in [-0.4, -0.2) is 31.0 Å². The van der Waals surface area contributed by atoms with Crippen molar-refractivity contribution in [2.24, 2.45) is 5.73 Å². The van der Waals surface area contributed by atoms with Crippen LogP contribution in [0.4, 0.5) is 0 Å². The van der Waals surface area contributed by atoms with Crippen LogP contribution in [0, 0.1) is 5.41 Å². The van der Waals surface area contributed by atoms with Gasteiger partial charge in [-0.3, -0.25) is 5.41 Å². The molecule has 0 unspecified atom stereocenters. The van der Waals surface area contributed by atoms with Crippen LogP contribution in [-0.2, 0) is 0 Å².